The third kappa shape index (κ3) is 4.00. The first-order valence-corrected chi connectivity index (χ1v) is 12.3. The summed E-state index contributed by atoms with van der Waals surface area (Å²) in [6, 6.07) is 11.8. The van der Waals surface area contributed by atoms with Crippen LogP contribution >= 0.6 is 35.0 Å². The molecule has 1 fully saturated rings. The van der Waals surface area contributed by atoms with Gasteiger partial charge in [0, 0.05) is 34.0 Å². The Morgan fingerprint density at radius 2 is 1.97 bits per heavy atom. The zero-order valence-electron chi connectivity index (χ0n) is 18.4. The summed E-state index contributed by atoms with van der Waals surface area (Å²) in [5, 5.41) is 10.9. The van der Waals surface area contributed by atoms with Crippen molar-refractivity contribution in [1.82, 2.24) is 9.88 Å². The van der Waals surface area contributed by atoms with Crippen molar-refractivity contribution in [3.8, 4) is 11.8 Å². The Morgan fingerprint density at radius 3 is 2.74 bits per heavy atom. The average molecular weight is 525 g/mol. The zero-order chi connectivity index (χ0) is 24.7. The first-order valence-electron chi connectivity index (χ1n) is 10.7. The lowest BCUT2D eigenvalue weighted by molar-refractivity contribution is -0.119. The van der Waals surface area contributed by atoms with Crippen molar-refractivity contribution in [2.24, 2.45) is 0 Å². The van der Waals surface area contributed by atoms with E-state index >= 15 is 0 Å². The molecule has 35 heavy (non-hydrogen) atoms. The number of methoxy groups -OCH3 is 1. The van der Waals surface area contributed by atoms with Gasteiger partial charge in [-0.15, -0.1) is 11.8 Å². The summed E-state index contributed by atoms with van der Waals surface area (Å²) in [7, 11) is 1.51. The predicted octanol–water partition coefficient (Wildman–Crippen LogP) is 5.76. The highest BCUT2D eigenvalue weighted by molar-refractivity contribution is 8.09. The van der Waals surface area contributed by atoms with E-state index in [-0.39, 0.29) is 18.9 Å². The highest BCUT2D eigenvalue weighted by Gasteiger charge is 2.50. The Hall–Kier alpha value is -3.25. The SMILES string of the molecule is COc1cc(C2=CC3C(S2)C(=O)N(c2cncc4ccccc24)C(=O)N3CCC#N)c(Cl)cc1Cl. The molecule has 3 amide bonds. The molecule has 176 valence electrons. The number of imide groups is 1. The van der Waals surface area contributed by atoms with Gasteiger partial charge < -0.3 is 9.64 Å². The fourth-order valence-corrected chi connectivity index (χ4v) is 6.34. The number of nitrogens with zero attached hydrogens (tertiary/aromatic N) is 4. The van der Waals surface area contributed by atoms with Gasteiger partial charge in [-0.2, -0.15) is 5.26 Å². The highest BCUT2D eigenvalue weighted by Crippen LogP contribution is 2.48. The van der Waals surface area contributed by atoms with Crippen LogP contribution in [0.4, 0.5) is 10.5 Å². The zero-order valence-corrected chi connectivity index (χ0v) is 20.8. The van der Waals surface area contributed by atoms with E-state index in [0.29, 0.717) is 27.0 Å². The first-order chi connectivity index (χ1) is 16.9. The quantitative estimate of drug-likeness (QED) is 0.421. The summed E-state index contributed by atoms with van der Waals surface area (Å²) >= 11 is 14.0. The van der Waals surface area contributed by atoms with Gasteiger partial charge >= 0.3 is 6.03 Å². The smallest absolute Gasteiger partial charge is 0.332 e. The molecular weight excluding hydrogens is 507 g/mol. The minimum atomic E-state index is -0.613. The molecule has 1 aromatic heterocycles. The lowest BCUT2D eigenvalue weighted by Gasteiger charge is -2.41. The number of hydrogen-bond acceptors (Lipinski definition) is 6. The normalized spacial score (nSPS) is 19.5. The molecule has 0 aliphatic carbocycles. The van der Waals surface area contributed by atoms with Gasteiger partial charge in [0.15, 0.2) is 0 Å². The second-order valence-electron chi connectivity index (χ2n) is 7.96. The van der Waals surface area contributed by atoms with Crippen LogP contribution in [0.15, 0.2) is 54.9 Å². The number of urea groups is 1. The number of carbonyl (C=O) groups excluding carboxylic acids is 2. The molecule has 0 spiro atoms. The number of pyridine rings is 1. The molecule has 3 heterocycles. The lowest BCUT2D eigenvalue weighted by Crippen LogP contribution is -2.62. The van der Waals surface area contributed by atoms with E-state index in [1.54, 1.807) is 23.2 Å². The summed E-state index contributed by atoms with van der Waals surface area (Å²) in [4.78, 5) is 35.2. The van der Waals surface area contributed by atoms with Gasteiger partial charge in [-0.3, -0.25) is 9.78 Å². The van der Waals surface area contributed by atoms with Gasteiger partial charge in [-0.05, 0) is 18.2 Å². The minimum absolute atomic E-state index is 0.133. The van der Waals surface area contributed by atoms with Crippen LogP contribution in [-0.4, -0.2) is 46.8 Å². The monoisotopic (exact) mass is 524 g/mol. The Balaban J connectivity index is 1.59. The Kier molecular flexibility index (Phi) is 6.32. The van der Waals surface area contributed by atoms with Crippen molar-refractivity contribution in [2.45, 2.75) is 17.7 Å². The molecule has 2 atom stereocenters. The molecule has 1 saturated heterocycles. The molecule has 2 aliphatic heterocycles. The summed E-state index contributed by atoms with van der Waals surface area (Å²) in [6.45, 7) is 0.181. The van der Waals surface area contributed by atoms with Gasteiger partial charge in [-0.25, -0.2) is 9.69 Å². The van der Waals surface area contributed by atoms with E-state index in [1.807, 2.05) is 30.3 Å². The Morgan fingerprint density at radius 1 is 1.17 bits per heavy atom. The van der Waals surface area contributed by atoms with Gasteiger partial charge in [0.25, 0.3) is 5.91 Å². The fraction of sp³-hybridized carbons (Fsp3) is 0.200. The largest absolute Gasteiger partial charge is 0.495 e. The number of ether oxygens (including phenoxy) is 1. The van der Waals surface area contributed by atoms with Crippen LogP contribution in [0.25, 0.3) is 15.7 Å². The summed E-state index contributed by atoms with van der Waals surface area (Å²) < 4.78 is 5.34. The number of anilines is 1. The molecule has 0 N–H and O–H groups in total. The molecule has 2 aromatic carbocycles. The molecule has 10 heteroatoms. The summed E-state index contributed by atoms with van der Waals surface area (Å²) in [6.07, 6.45) is 5.20. The van der Waals surface area contributed by atoms with Crippen LogP contribution in [0, 0.1) is 11.3 Å². The van der Waals surface area contributed by atoms with Crippen LogP contribution in [0.2, 0.25) is 10.0 Å². The van der Waals surface area contributed by atoms with Crippen molar-refractivity contribution in [2.75, 3.05) is 18.6 Å². The van der Waals surface area contributed by atoms with Crippen LogP contribution in [0.3, 0.4) is 0 Å². The Bertz CT molecular complexity index is 1430. The maximum atomic E-state index is 13.8. The molecular formula is C25H18Cl2N4O3S. The van der Waals surface area contributed by atoms with Crippen molar-refractivity contribution < 1.29 is 14.3 Å². The number of carbonyl (C=O) groups is 2. The molecule has 0 bridgehead atoms. The number of amides is 3. The second kappa shape index (κ2) is 9.42. The standard InChI is InChI=1S/C25H18Cl2N4O3S/c1-34-21-9-16(17(26)10-18(21)27)22-11-19-23(35-22)24(32)31(25(33)30(19)8-4-7-28)20-13-29-12-14-5-2-3-6-15(14)20/h2-3,5-6,9-13,19,23H,4,8H2,1H3. The number of halogens is 2. The van der Waals surface area contributed by atoms with Crippen molar-refractivity contribution in [3.05, 3.63) is 70.5 Å². The molecule has 2 aliphatic rings. The van der Waals surface area contributed by atoms with Gasteiger partial charge in [0.1, 0.15) is 11.0 Å². The number of rotatable bonds is 5. The van der Waals surface area contributed by atoms with E-state index in [9.17, 15) is 14.9 Å². The topological polar surface area (TPSA) is 86.5 Å². The van der Waals surface area contributed by atoms with Crippen LogP contribution < -0.4 is 9.64 Å². The van der Waals surface area contributed by atoms with Gasteiger partial charge in [-0.1, -0.05) is 47.5 Å². The van der Waals surface area contributed by atoms with Gasteiger partial charge in [0.2, 0.25) is 0 Å². The third-order valence-corrected chi connectivity index (χ3v) is 7.96. The number of nitriles is 1. The van der Waals surface area contributed by atoms with Crippen LogP contribution in [-0.2, 0) is 4.79 Å². The van der Waals surface area contributed by atoms with Crippen LogP contribution in [0.5, 0.6) is 5.75 Å². The Labute approximate surface area is 215 Å². The number of fused-ring (bicyclic) bond motifs is 2. The summed E-state index contributed by atoms with van der Waals surface area (Å²) in [5.41, 5.74) is 1.07. The summed E-state index contributed by atoms with van der Waals surface area (Å²) in [5.74, 6) is 0.106. The van der Waals surface area contributed by atoms with E-state index in [1.165, 1.54) is 30.0 Å². The maximum absolute atomic E-state index is 13.8. The molecule has 0 saturated carbocycles. The van der Waals surface area contributed by atoms with Crippen molar-refractivity contribution in [1.29, 1.82) is 5.26 Å². The minimum Gasteiger partial charge on any atom is -0.495 e. The lowest BCUT2D eigenvalue weighted by atomic mass is 10.0. The average Bonchev–Trinajstić information content (AvgIpc) is 3.29. The van der Waals surface area contributed by atoms with E-state index < -0.39 is 17.3 Å². The number of benzene rings is 2. The van der Waals surface area contributed by atoms with Crippen molar-refractivity contribution in [3.63, 3.8) is 0 Å². The van der Waals surface area contributed by atoms with Crippen LogP contribution in [0.1, 0.15) is 12.0 Å². The van der Waals surface area contributed by atoms with E-state index in [4.69, 9.17) is 27.9 Å². The predicted molar refractivity (Wildman–Crippen MR) is 138 cm³/mol. The van der Waals surface area contributed by atoms with E-state index in [0.717, 1.165) is 15.7 Å². The number of aromatic nitrogens is 1. The molecule has 5 rings (SSSR count). The molecule has 7 nitrogen and oxygen atoms in total. The number of hydrogen-bond donors (Lipinski definition) is 0. The second-order valence-corrected chi connectivity index (χ2v) is 9.96. The molecule has 3 aromatic rings. The fourth-order valence-electron chi connectivity index (χ4n) is 4.36. The first kappa shape index (κ1) is 23.5. The van der Waals surface area contributed by atoms with Crippen molar-refractivity contribution >= 4 is 68.3 Å². The maximum Gasteiger partial charge on any atom is 0.332 e. The number of thioether (sulfide) groups is 1. The van der Waals surface area contributed by atoms with E-state index in [2.05, 4.69) is 11.1 Å². The molecule has 2 unspecified atom stereocenters. The third-order valence-electron chi connectivity index (χ3n) is 6.01. The highest BCUT2D eigenvalue weighted by atomic mass is 35.5. The molecule has 0 radical (unpaired) electrons. The van der Waals surface area contributed by atoms with Gasteiger partial charge in [0.05, 0.1) is 47.6 Å².